The molecule has 0 aromatic rings. The first kappa shape index (κ1) is 19.7. The highest BCUT2D eigenvalue weighted by molar-refractivity contribution is 5.81. The third kappa shape index (κ3) is 10.2. The highest BCUT2D eigenvalue weighted by Gasteiger charge is 2.26. The lowest BCUT2D eigenvalue weighted by atomic mass is 10.1. The Labute approximate surface area is 128 Å². The van der Waals surface area contributed by atoms with Gasteiger partial charge in [-0.1, -0.05) is 41.5 Å². The predicted octanol–water partition coefficient (Wildman–Crippen LogP) is 3.37. The summed E-state index contributed by atoms with van der Waals surface area (Å²) in [5.41, 5.74) is 0. The molecule has 5 heteroatoms. The Morgan fingerprint density at radius 1 is 0.952 bits per heavy atom. The quantitative estimate of drug-likeness (QED) is 0.524. The van der Waals surface area contributed by atoms with E-state index in [1.54, 1.807) is 0 Å². The average molecular weight is 301 g/mol. The van der Waals surface area contributed by atoms with Crippen molar-refractivity contribution in [2.75, 3.05) is 13.2 Å². The molecule has 0 heterocycles. The molecule has 0 aromatic carbocycles. The zero-order valence-corrected chi connectivity index (χ0v) is 14.3. The lowest BCUT2D eigenvalue weighted by molar-refractivity contribution is -0.147. The summed E-state index contributed by atoms with van der Waals surface area (Å²) in [4.78, 5) is 23.7. The van der Waals surface area contributed by atoms with Gasteiger partial charge in [0.05, 0.1) is 13.2 Å². The molecule has 0 bridgehead atoms. The molecule has 0 fully saturated rings. The van der Waals surface area contributed by atoms with Gasteiger partial charge in [0.1, 0.15) is 6.04 Å². The minimum absolute atomic E-state index is 0.0470. The fraction of sp³-hybridized carbons (Fsp3) is 0.875. The van der Waals surface area contributed by atoms with Crippen LogP contribution in [0.15, 0.2) is 0 Å². The number of carbonyl (C=O) groups excluding carboxylic acids is 2. The van der Waals surface area contributed by atoms with Crippen molar-refractivity contribution in [3.63, 3.8) is 0 Å². The zero-order valence-electron chi connectivity index (χ0n) is 14.3. The molecule has 0 aromatic heterocycles. The summed E-state index contributed by atoms with van der Waals surface area (Å²) < 4.78 is 10.3. The van der Waals surface area contributed by atoms with Crippen LogP contribution in [0.25, 0.3) is 0 Å². The number of alkyl carbamates (subject to hydrolysis) is 1. The van der Waals surface area contributed by atoms with Gasteiger partial charge < -0.3 is 14.8 Å². The average Bonchev–Trinajstić information content (AvgIpc) is 2.37. The summed E-state index contributed by atoms with van der Waals surface area (Å²) >= 11 is 0. The predicted molar refractivity (Wildman–Crippen MR) is 83.0 cm³/mol. The topological polar surface area (TPSA) is 64.6 Å². The fourth-order valence-corrected chi connectivity index (χ4v) is 1.66. The van der Waals surface area contributed by atoms with Crippen LogP contribution in [0, 0.1) is 17.8 Å². The van der Waals surface area contributed by atoms with Crippen LogP contribution in [0.5, 0.6) is 0 Å². The lowest BCUT2D eigenvalue weighted by Gasteiger charge is -2.21. The van der Waals surface area contributed by atoms with Gasteiger partial charge in [0.15, 0.2) is 0 Å². The largest absolute Gasteiger partial charge is 0.464 e. The standard InChI is InChI=1S/C16H31NO4/c1-11(2)8-7-9-20-15(18)14(13(5)6)17-16(19)21-10-12(3)4/h11-14H,7-10H2,1-6H3,(H,17,19). The lowest BCUT2D eigenvalue weighted by Crippen LogP contribution is -2.45. The number of nitrogens with one attached hydrogen (secondary N) is 1. The number of esters is 1. The van der Waals surface area contributed by atoms with Crippen LogP contribution >= 0.6 is 0 Å². The van der Waals surface area contributed by atoms with Gasteiger partial charge in [-0.15, -0.1) is 0 Å². The third-order valence-corrected chi connectivity index (χ3v) is 2.91. The van der Waals surface area contributed by atoms with Crippen LogP contribution in [0.2, 0.25) is 0 Å². The van der Waals surface area contributed by atoms with Crippen LogP contribution < -0.4 is 5.32 Å². The van der Waals surface area contributed by atoms with E-state index in [2.05, 4.69) is 19.2 Å². The summed E-state index contributed by atoms with van der Waals surface area (Å²) in [5, 5.41) is 2.59. The van der Waals surface area contributed by atoms with Crippen molar-refractivity contribution < 1.29 is 19.1 Å². The van der Waals surface area contributed by atoms with Gasteiger partial charge in [0.25, 0.3) is 0 Å². The first-order valence-corrected chi connectivity index (χ1v) is 7.84. The van der Waals surface area contributed by atoms with E-state index in [9.17, 15) is 9.59 Å². The maximum Gasteiger partial charge on any atom is 0.407 e. The second kappa shape index (κ2) is 10.5. The highest BCUT2D eigenvalue weighted by Crippen LogP contribution is 2.07. The SMILES string of the molecule is CC(C)CCCOC(=O)C(NC(=O)OCC(C)C)C(C)C. The molecule has 1 N–H and O–H groups in total. The van der Waals surface area contributed by atoms with E-state index >= 15 is 0 Å². The van der Waals surface area contributed by atoms with E-state index in [1.807, 2.05) is 27.7 Å². The zero-order chi connectivity index (χ0) is 16.4. The molecule has 0 saturated heterocycles. The summed E-state index contributed by atoms with van der Waals surface area (Å²) in [6.45, 7) is 12.6. The molecule has 124 valence electrons. The Kier molecular flexibility index (Phi) is 9.84. The van der Waals surface area contributed by atoms with Gasteiger partial charge in [-0.2, -0.15) is 0 Å². The summed E-state index contributed by atoms with van der Waals surface area (Å²) in [5.74, 6) is 0.412. The second-order valence-electron chi connectivity index (χ2n) is 6.56. The number of carbonyl (C=O) groups is 2. The van der Waals surface area contributed by atoms with E-state index in [1.165, 1.54) is 0 Å². The van der Waals surface area contributed by atoms with E-state index in [0.29, 0.717) is 19.1 Å². The molecule has 0 rings (SSSR count). The van der Waals surface area contributed by atoms with Gasteiger partial charge in [-0.05, 0) is 30.6 Å². The molecule has 21 heavy (non-hydrogen) atoms. The van der Waals surface area contributed by atoms with Crippen LogP contribution in [0.3, 0.4) is 0 Å². The van der Waals surface area contributed by atoms with E-state index in [4.69, 9.17) is 9.47 Å². The van der Waals surface area contributed by atoms with E-state index in [-0.39, 0.29) is 11.8 Å². The van der Waals surface area contributed by atoms with Gasteiger partial charge in [0, 0.05) is 0 Å². The minimum Gasteiger partial charge on any atom is -0.464 e. The number of hydrogen-bond acceptors (Lipinski definition) is 4. The van der Waals surface area contributed by atoms with Crippen molar-refractivity contribution in [3.05, 3.63) is 0 Å². The molecule has 1 atom stereocenters. The molecule has 0 aliphatic rings. The normalized spacial score (nSPS) is 12.6. The van der Waals surface area contributed by atoms with Crippen LogP contribution in [-0.4, -0.2) is 31.3 Å². The smallest absolute Gasteiger partial charge is 0.407 e. The number of amides is 1. The molecule has 5 nitrogen and oxygen atoms in total. The first-order valence-electron chi connectivity index (χ1n) is 7.84. The van der Waals surface area contributed by atoms with Gasteiger partial charge in [-0.25, -0.2) is 9.59 Å². The number of rotatable bonds is 9. The van der Waals surface area contributed by atoms with Crippen molar-refractivity contribution in [1.29, 1.82) is 0 Å². The summed E-state index contributed by atoms with van der Waals surface area (Å²) in [6, 6.07) is -0.663. The molecule has 0 saturated carbocycles. The molecule has 0 radical (unpaired) electrons. The van der Waals surface area contributed by atoms with E-state index in [0.717, 1.165) is 12.8 Å². The van der Waals surface area contributed by atoms with Crippen LogP contribution in [0.1, 0.15) is 54.4 Å². The molecular weight excluding hydrogens is 270 g/mol. The highest BCUT2D eigenvalue weighted by atomic mass is 16.6. The minimum atomic E-state index is -0.663. The fourth-order valence-electron chi connectivity index (χ4n) is 1.66. The molecule has 1 unspecified atom stereocenters. The Morgan fingerprint density at radius 3 is 2.05 bits per heavy atom. The van der Waals surface area contributed by atoms with Crippen molar-refractivity contribution >= 4 is 12.1 Å². The molecule has 0 spiro atoms. The van der Waals surface area contributed by atoms with Crippen molar-refractivity contribution in [3.8, 4) is 0 Å². The van der Waals surface area contributed by atoms with Crippen molar-refractivity contribution in [2.24, 2.45) is 17.8 Å². The maximum absolute atomic E-state index is 12.0. The Bertz CT molecular complexity index is 313. The number of ether oxygens (including phenoxy) is 2. The molecule has 1 amide bonds. The Balaban J connectivity index is 4.21. The summed E-state index contributed by atoms with van der Waals surface area (Å²) in [6.07, 6.45) is 1.29. The first-order chi connectivity index (χ1) is 9.73. The molecule has 0 aliphatic carbocycles. The van der Waals surface area contributed by atoms with Gasteiger partial charge in [-0.3, -0.25) is 0 Å². The molecular formula is C16H31NO4. The Hall–Kier alpha value is -1.26. The van der Waals surface area contributed by atoms with Gasteiger partial charge >= 0.3 is 12.1 Å². The van der Waals surface area contributed by atoms with Crippen molar-refractivity contribution in [1.82, 2.24) is 5.32 Å². The van der Waals surface area contributed by atoms with Crippen molar-refractivity contribution in [2.45, 2.75) is 60.4 Å². The monoisotopic (exact) mass is 301 g/mol. The molecule has 0 aliphatic heterocycles. The maximum atomic E-state index is 12.0. The van der Waals surface area contributed by atoms with Crippen LogP contribution in [-0.2, 0) is 14.3 Å². The third-order valence-electron chi connectivity index (χ3n) is 2.91. The second-order valence-corrected chi connectivity index (χ2v) is 6.56. The number of hydrogen-bond donors (Lipinski definition) is 1. The summed E-state index contributed by atoms with van der Waals surface area (Å²) in [7, 11) is 0. The Morgan fingerprint density at radius 2 is 1.57 bits per heavy atom. The van der Waals surface area contributed by atoms with E-state index < -0.39 is 18.1 Å². The van der Waals surface area contributed by atoms with Crippen LogP contribution in [0.4, 0.5) is 4.79 Å². The van der Waals surface area contributed by atoms with Gasteiger partial charge in [0.2, 0.25) is 0 Å².